The van der Waals surface area contributed by atoms with Gasteiger partial charge in [-0.1, -0.05) is 11.6 Å². The van der Waals surface area contributed by atoms with Crippen molar-refractivity contribution in [2.24, 2.45) is 0 Å². The summed E-state index contributed by atoms with van der Waals surface area (Å²) < 4.78 is 5.82. The van der Waals surface area contributed by atoms with Gasteiger partial charge in [0.15, 0.2) is 5.58 Å². The lowest BCUT2D eigenvalue weighted by Gasteiger charge is -2.16. The number of likely N-dealkylation sites (tertiary alicyclic amines) is 1. The van der Waals surface area contributed by atoms with Crippen molar-refractivity contribution in [3.8, 4) is 0 Å². The van der Waals surface area contributed by atoms with E-state index in [1.165, 1.54) is 6.42 Å². The maximum atomic E-state index is 6.07. The van der Waals surface area contributed by atoms with Gasteiger partial charge >= 0.3 is 0 Å². The number of rotatable bonds is 1. The fourth-order valence-corrected chi connectivity index (χ4v) is 2.55. The summed E-state index contributed by atoms with van der Waals surface area (Å²) in [5.74, 6) is 0.982. The van der Waals surface area contributed by atoms with Crippen LogP contribution in [-0.4, -0.2) is 23.5 Å². The third-order valence-corrected chi connectivity index (χ3v) is 3.53. The summed E-state index contributed by atoms with van der Waals surface area (Å²) in [6.07, 6.45) is 4.08. The molecule has 3 rings (SSSR count). The van der Waals surface area contributed by atoms with Gasteiger partial charge in [-0.25, -0.2) is 0 Å². The highest BCUT2D eigenvalue weighted by molar-refractivity contribution is 6.34. The number of pyridine rings is 1. The Balaban J connectivity index is 2.08. The van der Waals surface area contributed by atoms with Crippen LogP contribution in [0, 0.1) is 0 Å². The highest BCUT2D eigenvalue weighted by Crippen LogP contribution is 2.35. The van der Waals surface area contributed by atoms with E-state index in [1.54, 1.807) is 12.3 Å². The van der Waals surface area contributed by atoms with Crippen molar-refractivity contribution >= 4 is 22.7 Å². The fraction of sp³-hybridized carbons (Fsp3) is 0.417. The lowest BCUT2D eigenvalue weighted by atomic mass is 10.2. The van der Waals surface area contributed by atoms with E-state index < -0.39 is 0 Å². The SMILES string of the molecule is CN1CCC[C@H]1c1cc2nccc(Cl)c2o1. The van der Waals surface area contributed by atoms with Crippen LogP contribution in [-0.2, 0) is 0 Å². The van der Waals surface area contributed by atoms with Gasteiger partial charge in [0, 0.05) is 12.3 Å². The Kier molecular flexibility index (Phi) is 2.37. The molecular formula is C12H13ClN2O. The Labute approximate surface area is 99.0 Å². The van der Waals surface area contributed by atoms with E-state index in [0.29, 0.717) is 16.6 Å². The quantitative estimate of drug-likeness (QED) is 0.761. The molecule has 0 unspecified atom stereocenters. The predicted octanol–water partition coefficient (Wildman–Crippen LogP) is 3.25. The molecule has 2 aromatic heterocycles. The zero-order valence-electron chi connectivity index (χ0n) is 9.11. The minimum atomic E-state index is 0.380. The minimum Gasteiger partial charge on any atom is -0.456 e. The summed E-state index contributed by atoms with van der Waals surface area (Å²) in [5.41, 5.74) is 1.56. The summed E-state index contributed by atoms with van der Waals surface area (Å²) in [7, 11) is 2.12. The van der Waals surface area contributed by atoms with Gasteiger partial charge in [-0.2, -0.15) is 0 Å². The zero-order valence-corrected chi connectivity index (χ0v) is 9.87. The van der Waals surface area contributed by atoms with Gasteiger partial charge in [0.2, 0.25) is 0 Å². The largest absolute Gasteiger partial charge is 0.456 e. The van der Waals surface area contributed by atoms with Crippen molar-refractivity contribution in [3.05, 3.63) is 29.1 Å². The maximum absolute atomic E-state index is 6.07. The summed E-state index contributed by atoms with van der Waals surface area (Å²) in [6, 6.07) is 4.15. The molecule has 1 saturated heterocycles. The topological polar surface area (TPSA) is 29.3 Å². The van der Waals surface area contributed by atoms with E-state index in [2.05, 4.69) is 16.9 Å². The number of aromatic nitrogens is 1. The first kappa shape index (κ1) is 10.1. The maximum Gasteiger partial charge on any atom is 0.171 e. The van der Waals surface area contributed by atoms with Crippen LogP contribution in [0.1, 0.15) is 24.6 Å². The molecule has 0 spiro atoms. The summed E-state index contributed by atoms with van der Waals surface area (Å²) in [4.78, 5) is 6.57. The van der Waals surface area contributed by atoms with E-state index in [0.717, 1.165) is 24.2 Å². The number of fused-ring (bicyclic) bond motifs is 1. The van der Waals surface area contributed by atoms with Crippen molar-refractivity contribution in [3.63, 3.8) is 0 Å². The van der Waals surface area contributed by atoms with Crippen molar-refractivity contribution in [1.29, 1.82) is 0 Å². The van der Waals surface area contributed by atoms with Gasteiger partial charge in [-0.05, 0) is 32.5 Å². The smallest absolute Gasteiger partial charge is 0.171 e. The average Bonchev–Trinajstić information content (AvgIpc) is 2.84. The Hall–Kier alpha value is -1.06. The molecule has 1 fully saturated rings. The number of furan rings is 1. The number of halogens is 1. The third kappa shape index (κ3) is 1.51. The molecule has 1 aliphatic heterocycles. The predicted molar refractivity (Wildman–Crippen MR) is 63.6 cm³/mol. The van der Waals surface area contributed by atoms with Gasteiger partial charge in [0.25, 0.3) is 0 Å². The van der Waals surface area contributed by atoms with Gasteiger partial charge in [0.05, 0.1) is 11.1 Å². The molecule has 0 amide bonds. The van der Waals surface area contributed by atoms with E-state index >= 15 is 0 Å². The summed E-state index contributed by atoms with van der Waals surface area (Å²) in [5, 5.41) is 0.636. The van der Waals surface area contributed by atoms with Crippen molar-refractivity contribution < 1.29 is 4.42 Å². The van der Waals surface area contributed by atoms with Gasteiger partial charge in [-0.15, -0.1) is 0 Å². The van der Waals surface area contributed by atoms with Crippen molar-refractivity contribution in [2.75, 3.05) is 13.6 Å². The third-order valence-electron chi connectivity index (χ3n) is 3.23. The molecule has 0 N–H and O–H groups in total. The second kappa shape index (κ2) is 3.75. The van der Waals surface area contributed by atoms with Crippen LogP contribution in [0.4, 0.5) is 0 Å². The Bertz CT molecular complexity index is 523. The highest BCUT2D eigenvalue weighted by atomic mass is 35.5. The molecule has 0 bridgehead atoms. The molecule has 84 valence electrons. The summed E-state index contributed by atoms with van der Waals surface area (Å²) in [6.45, 7) is 1.13. The molecular weight excluding hydrogens is 224 g/mol. The van der Waals surface area contributed by atoms with Crippen LogP contribution in [0.2, 0.25) is 5.02 Å². The fourth-order valence-electron chi connectivity index (χ4n) is 2.36. The molecule has 1 atom stereocenters. The van der Waals surface area contributed by atoms with Crippen LogP contribution >= 0.6 is 11.6 Å². The monoisotopic (exact) mass is 236 g/mol. The Morgan fingerprint density at radius 1 is 1.56 bits per heavy atom. The second-order valence-electron chi connectivity index (χ2n) is 4.29. The van der Waals surface area contributed by atoms with Gasteiger partial charge < -0.3 is 4.42 Å². The minimum absolute atomic E-state index is 0.380. The summed E-state index contributed by atoms with van der Waals surface area (Å²) >= 11 is 6.07. The number of nitrogens with zero attached hydrogens (tertiary/aromatic N) is 2. The molecule has 0 aromatic carbocycles. The first-order chi connectivity index (χ1) is 7.75. The van der Waals surface area contributed by atoms with Crippen LogP contribution in [0.5, 0.6) is 0 Å². The normalized spacial score (nSPS) is 22.0. The van der Waals surface area contributed by atoms with E-state index in [4.69, 9.17) is 16.0 Å². The van der Waals surface area contributed by atoms with Gasteiger partial charge in [-0.3, -0.25) is 9.88 Å². The molecule has 0 aliphatic carbocycles. The molecule has 0 saturated carbocycles. The lowest BCUT2D eigenvalue weighted by Crippen LogP contribution is -2.16. The standard InChI is InChI=1S/C12H13ClN2O/c1-15-6-2-3-10(15)11-7-9-12(16-11)8(13)4-5-14-9/h4-5,7,10H,2-3,6H2,1H3/t10-/m0/s1. The molecule has 2 aromatic rings. The molecule has 4 heteroatoms. The Morgan fingerprint density at radius 2 is 2.44 bits per heavy atom. The zero-order chi connectivity index (χ0) is 11.1. The lowest BCUT2D eigenvalue weighted by molar-refractivity contribution is 0.281. The first-order valence-corrected chi connectivity index (χ1v) is 5.87. The van der Waals surface area contributed by atoms with E-state index in [9.17, 15) is 0 Å². The van der Waals surface area contributed by atoms with Crippen LogP contribution < -0.4 is 0 Å². The van der Waals surface area contributed by atoms with Crippen LogP contribution in [0.25, 0.3) is 11.1 Å². The Morgan fingerprint density at radius 3 is 3.12 bits per heavy atom. The first-order valence-electron chi connectivity index (χ1n) is 5.50. The van der Waals surface area contributed by atoms with Gasteiger partial charge in [0.1, 0.15) is 11.3 Å². The number of hydrogen-bond donors (Lipinski definition) is 0. The van der Waals surface area contributed by atoms with E-state index in [1.807, 2.05) is 6.07 Å². The molecule has 3 heterocycles. The number of hydrogen-bond acceptors (Lipinski definition) is 3. The van der Waals surface area contributed by atoms with Crippen LogP contribution in [0.15, 0.2) is 22.7 Å². The molecule has 3 nitrogen and oxygen atoms in total. The molecule has 1 aliphatic rings. The van der Waals surface area contributed by atoms with Crippen LogP contribution in [0.3, 0.4) is 0 Å². The van der Waals surface area contributed by atoms with E-state index in [-0.39, 0.29) is 0 Å². The van der Waals surface area contributed by atoms with Crippen molar-refractivity contribution in [1.82, 2.24) is 9.88 Å². The molecule has 16 heavy (non-hydrogen) atoms. The van der Waals surface area contributed by atoms with Crippen molar-refractivity contribution in [2.45, 2.75) is 18.9 Å². The molecule has 0 radical (unpaired) electrons. The average molecular weight is 237 g/mol. The second-order valence-corrected chi connectivity index (χ2v) is 4.70. The highest BCUT2D eigenvalue weighted by Gasteiger charge is 2.26.